The summed E-state index contributed by atoms with van der Waals surface area (Å²) in [6.07, 6.45) is 0.839. The Labute approximate surface area is 111 Å². The second kappa shape index (κ2) is 6.13. The van der Waals surface area contributed by atoms with E-state index in [4.69, 9.17) is 30.6 Å². The summed E-state index contributed by atoms with van der Waals surface area (Å²) in [7, 11) is 3.12. The number of nitrogens with one attached hydrogen (secondary N) is 1. The number of hydroxylamine groups is 1. The third-order valence-electron chi connectivity index (χ3n) is 2.64. The molecule has 0 atom stereocenters. The molecule has 1 heterocycles. The highest BCUT2D eigenvalue weighted by Crippen LogP contribution is 2.43. The quantitative estimate of drug-likeness (QED) is 0.852. The van der Waals surface area contributed by atoms with Crippen LogP contribution in [0.2, 0.25) is 5.02 Å². The van der Waals surface area contributed by atoms with Crippen LogP contribution in [0.1, 0.15) is 12.0 Å². The zero-order valence-corrected chi connectivity index (χ0v) is 11.2. The number of ether oxygens (including phenoxy) is 3. The Morgan fingerprint density at radius 3 is 2.83 bits per heavy atom. The SMILES string of the molecule is CONCc1c(OC)c(Cl)cc2c1OCCCO2. The Morgan fingerprint density at radius 1 is 1.33 bits per heavy atom. The number of benzene rings is 1. The van der Waals surface area contributed by atoms with E-state index < -0.39 is 0 Å². The first-order valence-corrected chi connectivity index (χ1v) is 6.06. The molecule has 0 spiro atoms. The monoisotopic (exact) mass is 273 g/mol. The van der Waals surface area contributed by atoms with Gasteiger partial charge in [-0.05, 0) is 0 Å². The van der Waals surface area contributed by atoms with Crippen LogP contribution in [0.4, 0.5) is 0 Å². The van der Waals surface area contributed by atoms with Crippen molar-refractivity contribution in [1.82, 2.24) is 5.48 Å². The van der Waals surface area contributed by atoms with Crippen molar-refractivity contribution in [1.29, 1.82) is 0 Å². The zero-order valence-electron chi connectivity index (χ0n) is 10.4. The van der Waals surface area contributed by atoms with Crippen molar-refractivity contribution >= 4 is 11.6 Å². The van der Waals surface area contributed by atoms with Gasteiger partial charge in [-0.1, -0.05) is 11.6 Å². The van der Waals surface area contributed by atoms with Gasteiger partial charge in [-0.2, -0.15) is 5.48 Å². The molecule has 18 heavy (non-hydrogen) atoms. The maximum absolute atomic E-state index is 6.17. The minimum atomic E-state index is 0.423. The Balaban J connectivity index is 2.46. The topological polar surface area (TPSA) is 49.0 Å². The predicted molar refractivity (Wildman–Crippen MR) is 67.5 cm³/mol. The molecule has 0 unspecified atom stereocenters. The summed E-state index contributed by atoms with van der Waals surface area (Å²) in [5.74, 6) is 1.88. The molecule has 0 fully saturated rings. The van der Waals surface area contributed by atoms with E-state index in [1.54, 1.807) is 20.3 Å². The predicted octanol–water partition coefficient (Wildman–Crippen LogP) is 2.16. The lowest BCUT2D eigenvalue weighted by atomic mass is 10.1. The van der Waals surface area contributed by atoms with Crippen LogP contribution in [0.3, 0.4) is 0 Å². The standard InChI is InChI=1S/C12H16ClNO4/c1-15-11-8(7-14-16-2)12-10(6-9(11)13)17-4-3-5-18-12/h6,14H,3-5,7H2,1-2H3. The van der Waals surface area contributed by atoms with Crippen molar-refractivity contribution in [3.63, 3.8) is 0 Å². The highest BCUT2D eigenvalue weighted by atomic mass is 35.5. The molecule has 6 heteroatoms. The molecule has 1 aliphatic rings. The second-order valence-corrected chi connectivity index (χ2v) is 4.18. The van der Waals surface area contributed by atoms with Crippen molar-refractivity contribution in [3.8, 4) is 17.2 Å². The Bertz CT molecular complexity index is 425. The van der Waals surface area contributed by atoms with Gasteiger partial charge in [-0.15, -0.1) is 0 Å². The minimum absolute atomic E-state index is 0.423. The summed E-state index contributed by atoms with van der Waals surface area (Å²) in [6, 6.07) is 1.72. The molecule has 1 aliphatic heterocycles. The van der Waals surface area contributed by atoms with Crippen molar-refractivity contribution in [3.05, 3.63) is 16.7 Å². The van der Waals surface area contributed by atoms with Crippen LogP contribution in [-0.2, 0) is 11.4 Å². The fraction of sp³-hybridized carbons (Fsp3) is 0.500. The molecular formula is C12H16ClNO4. The average molecular weight is 274 g/mol. The van der Waals surface area contributed by atoms with Crippen LogP contribution in [0, 0.1) is 0 Å². The van der Waals surface area contributed by atoms with Crippen LogP contribution in [0.25, 0.3) is 0 Å². The van der Waals surface area contributed by atoms with E-state index >= 15 is 0 Å². The zero-order chi connectivity index (χ0) is 13.0. The van der Waals surface area contributed by atoms with Crippen molar-refractivity contribution < 1.29 is 19.0 Å². The number of methoxy groups -OCH3 is 1. The van der Waals surface area contributed by atoms with E-state index in [2.05, 4.69) is 5.48 Å². The van der Waals surface area contributed by atoms with Gasteiger partial charge in [0.25, 0.3) is 0 Å². The smallest absolute Gasteiger partial charge is 0.169 e. The van der Waals surface area contributed by atoms with Gasteiger partial charge >= 0.3 is 0 Å². The van der Waals surface area contributed by atoms with Crippen molar-refractivity contribution in [2.75, 3.05) is 27.4 Å². The van der Waals surface area contributed by atoms with Crippen molar-refractivity contribution in [2.24, 2.45) is 0 Å². The first-order valence-electron chi connectivity index (χ1n) is 5.68. The van der Waals surface area contributed by atoms with Crippen LogP contribution < -0.4 is 19.7 Å². The molecule has 1 N–H and O–H groups in total. The van der Waals surface area contributed by atoms with E-state index in [0.717, 1.165) is 12.0 Å². The summed E-state index contributed by atoms with van der Waals surface area (Å²) in [5, 5.41) is 0.495. The first-order chi connectivity index (χ1) is 8.77. The second-order valence-electron chi connectivity index (χ2n) is 3.77. The van der Waals surface area contributed by atoms with Gasteiger partial charge in [-0.3, -0.25) is 0 Å². The maximum Gasteiger partial charge on any atom is 0.169 e. The minimum Gasteiger partial charge on any atom is -0.495 e. The van der Waals surface area contributed by atoms with E-state index in [1.165, 1.54) is 0 Å². The van der Waals surface area contributed by atoms with Crippen LogP contribution in [0.5, 0.6) is 17.2 Å². The molecular weight excluding hydrogens is 258 g/mol. The summed E-state index contributed by atoms with van der Waals surface area (Å²) in [5.41, 5.74) is 3.56. The normalized spacial score (nSPS) is 14.2. The van der Waals surface area contributed by atoms with E-state index in [-0.39, 0.29) is 0 Å². The van der Waals surface area contributed by atoms with E-state index in [0.29, 0.717) is 42.0 Å². The number of hydrogen-bond acceptors (Lipinski definition) is 5. The van der Waals surface area contributed by atoms with E-state index in [9.17, 15) is 0 Å². The van der Waals surface area contributed by atoms with Gasteiger partial charge in [-0.25, -0.2) is 0 Å². The third-order valence-corrected chi connectivity index (χ3v) is 2.92. The molecule has 100 valence electrons. The van der Waals surface area contributed by atoms with Crippen LogP contribution >= 0.6 is 11.6 Å². The molecule has 0 saturated heterocycles. The summed E-state index contributed by atoms with van der Waals surface area (Å²) in [4.78, 5) is 4.86. The highest BCUT2D eigenvalue weighted by Gasteiger charge is 2.22. The molecule has 5 nitrogen and oxygen atoms in total. The van der Waals surface area contributed by atoms with Crippen molar-refractivity contribution in [2.45, 2.75) is 13.0 Å². The van der Waals surface area contributed by atoms with Gasteiger partial charge in [0.05, 0.1) is 44.6 Å². The first kappa shape index (κ1) is 13.3. The highest BCUT2D eigenvalue weighted by molar-refractivity contribution is 6.32. The molecule has 1 aromatic carbocycles. The van der Waals surface area contributed by atoms with Crippen LogP contribution in [-0.4, -0.2) is 27.4 Å². The largest absolute Gasteiger partial charge is 0.495 e. The lowest BCUT2D eigenvalue weighted by Crippen LogP contribution is -2.13. The Hall–Kier alpha value is -1.17. The molecule has 0 saturated carbocycles. The van der Waals surface area contributed by atoms with Gasteiger partial charge in [0, 0.05) is 12.5 Å². The molecule has 2 rings (SSSR count). The molecule has 0 amide bonds. The van der Waals surface area contributed by atoms with E-state index in [1.807, 2.05) is 0 Å². The Morgan fingerprint density at radius 2 is 2.11 bits per heavy atom. The number of halogens is 1. The fourth-order valence-corrected chi connectivity index (χ4v) is 2.14. The lowest BCUT2D eigenvalue weighted by Gasteiger charge is -2.17. The van der Waals surface area contributed by atoms with Crippen LogP contribution in [0.15, 0.2) is 6.07 Å². The fourth-order valence-electron chi connectivity index (χ4n) is 1.85. The molecule has 0 radical (unpaired) electrons. The maximum atomic E-state index is 6.17. The molecule has 0 aromatic heterocycles. The third kappa shape index (κ3) is 2.63. The van der Waals surface area contributed by atoms with Gasteiger partial charge in [0.15, 0.2) is 11.5 Å². The molecule has 1 aromatic rings. The Kier molecular flexibility index (Phi) is 4.52. The van der Waals surface area contributed by atoms with Gasteiger partial charge < -0.3 is 19.0 Å². The summed E-state index contributed by atoms with van der Waals surface area (Å²) >= 11 is 6.17. The molecule has 0 bridgehead atoms. The lowest BCUT2D eigenvalue weighted by molar-refractivity contribution is 0.0853. The van der Waals surface area contributed by atoms with Gasteiger partial charge in [0.2, 0.25) is 0 Å². The number of hydrogen-bond donors (Lipinski definition) is 1. The average Bonchev–Trinajstić information content (AvgIpc) is 2.60. The summed E-state index contributed by atoms with van der Waals surface area (Å²) < 4.78 is 16.6. The van der Waals surface area contributed by atoms with Gasteiger partial charge in [0.1, 0.15) is 5.75 Å². The number of fused-ring (bicyclic) bond motifs is 1. The summed E-state index contributed by atoms with van der Waals surface area (Å²) in [6.45, 7) is 1.65. The number of rotatable bonds is 4. The molecule has 0 aliphatic carbocycles.